The molecule has 2 rings (SSSR count). The van der Waals surface area contributed by atoms with Gasteiger partial charge < -0.3 is 4.74 Å². The van der Waals surface area contributed by atoms with Crippen LogP contribution < -0.4 is 4.31 Å². The molecule has 0 aliphatic rings. The summed E-state index contributed by atoms with van der Waals surface area (Å²) >= 11 is 11.7. The Bertz CT molecular complexity index is 1010. The van der Waals surface area contributed by atoms with Crippen LogP contribution in [0.4, 0.5) is 18.9 Å². The normalized spacial score (nSPS) is 12.1. The highest BCUT2D eigenvalue weighted by molar-refractivity contribution is 7.92. The van der Waals surface area contributed by atoms with Crippen LogP contribution in [0.25, 0.3) is 0 Å². The van der Waals surface area contributed by atoms with E-state index in [1.807, 2.05) is 0 Å². The topological polar surface area (TPSA) is 63.7 Å². The van der Waals surface area contributed by atoms with Gasteiger partial charge in [-0.05, 0) is 50.2 Å². The van der Waals surface area contributed by atoms with Gasteiger partial charge in [0.2, 0.25) is 0 Å². The minimum atomic E-state index is -4.70. The molecule has 0 amide bonds. The van der Waals surface area contributed by atoms with Crippen LogP contribution in [0.3, 0.4) is 0 Å². The Morgan fingerprint density at radius 3 is 2.31 bits per heavy atom. The van der Waals surface area contributed by atoms with Crippen molar-refractivity contribution in [2.75, 3.05) is 10.8 Å². The Kier molecular flexibility index (Phi) is 7.08. The fourth-order valence-electron chi connectivity index (χ4n) is 2.33. The minimum absolute atomic E-state index is 0.0681. The third-order valence-electron chi connectivity index (χ3n) is 3.58. The summed E-state index contributed by atoms with van der Waals surface area (Å²) in [6, 6.07) is 7.03. The number of hydrogen-bond donors (Lipinski definition) is 0. The molecule has 0 spiro atoms. The van der Waals surface area contributed by atoms with Gasteiger partial charge in [0.25, 0.3) is 10.0 Å². The second kappa shape index (κ2) is 8.81. The Labute approximate surface area is 176 Å². The van der Waals surface area contributed by atoms with Crippen molar-refractivity contribution in [3.8, 4) is 0 Å². The van der Waals surface area contributed by atoms with Gasteiger partial charge in [0, 0.05) is 0 Å². The van der Waals surface area contributed by atoms with E-state index in [1.165, 1.54) is 6.07 Å². The predicted molar refractivity (Wildman–Crippen MR) is 104 cm³/mol. The molecule has 0 unspecified atom stereocenters. The number of benzene rings is 2. The van der Waals surface area contributed by atoms with Crippen LogP contribution in [0.15, 0.2) is 47.4 Å². The highest BCUT2D eigenvalue weighted by Gasteiger charge is 2.33. The molecule has 0 aliphatic carbocycles. The molecule has 0 radical (unpaired) electrons. The summed E-state index contributed by atoms with van der Waals surface area (Å²) in [5.41, 5.74) is -1.42. The van der Waals surface area contributed by atoms with E-state index in [2.05, 4.69) is 0 Å². The lowest BCUT2D eigenvalue weighted by molar-refractivity contribution is -0.145. The quantitative estimate of drug-likeness (QED) is 0.548. The summed E-state index contributed by atoms with van der Waals surface area (Å²) in [6.07, 6.45) is -5.24. The number of alkyl halides is 3. The molecule has 0 atom stereocenters. The number of ether oxygens (including phenoxy) is 1. The van der Waals surface area contributed by atoms with Crippen LogP contribution in [0, 0.1) is 0 Å². The van der Waals surface area contributed by atoms with Gasteiger partial charge in [-0.15, -0.1) is 0 Å². The maximum atomic E-state index is 13.1. The molecule has 5 nitrogen and oxygen atoms in total. The number of sulfonamides is 1. The molecule has 0 heterocycles. The third-order valence-corrected chi connectivity index (χ3v) is 6.09. The molecule has 0 N–H and O–H groups in total. The summed E-state index contributed by atoms with van der Waals surface area (Å²) in [5, 5.41) is 0.0249. The molecule has 0 aromatic heterocycles. The highest BCUT2D eigenvalue weighted by Crippen LogP contribution is 2.34. The van der Waals surface area contributed by atoms with Crippen molar-refractivity contribution in [2.24, 2.45) is 0 Å². The van der Waals surface area contributed by atoms with Gasteiger partial charge >= 0.3 is 12.1 Å². The van der Waals surface area contributed by atoms with Crippen molar-refractivity contribution in [3.05, 3.63) is 58.1 Å². The summed E-state index contributed by atoms with van der Waals surface area (Å²) in [4.78, 5) is 11.8. The van der Waals surface area contributed by atoms with E-state index in [4.69, 9.17) is 27.9 Å². The fraction of sp³-hybridized carbons (Fsp3) is 0.278. The number of anilines is 1. The average Bonchev–Trinajstić information content (AvgIpc) is 2.60. The Hall–Kier alpha value is -1.97. The van der Waals surface area contributed by atoms with Gasteiger partial charge in [-0.25, -0.2) is 8.42 Å². The lowest BCUT2D eigenvalue weighted by Gasteiger charge is -2.25. The number of carbonyl (C=O) groups is 1. The summed E-state index contributed by atoms with van der Waals surface area (Å²) < 4.78 is 71.0. The van der Waals surface area contributed by atoms with Crippen LogP contribution in [-0.4, -0.2) is 27.0 Å². The summed E-state index contributed by atoms with van der Waals surface area (Å²) in [5.74, 6) is -0.930. The Morgan fingerprint density at radius 1 is 1.10 bits per heavy atom. The van der Waals surface area contributed by atoms with Gasteiger partial charge in [0.1, 0.15) is 6.54 Å². The molecule has 29 heavy (non-hydrogen) atoms. The Morgan fingerprint density at radius 2 is 1.76 bits per heavy atom. The van der Waals surface area contributed by atoms with Crippen LogP contribution in [0.2, 0.25) is 10.0 Å². The SMILES string of the molecule is CC(C)OC(=O)CN(c1cccc(C(F)(F)F)c1)S(=O)(=O)c1ccc(Cl)c(Cl)c1. The second-order valence-electron chi connectivity index (χ2n) is 6.17. The molecule has 0 fully saturated rings. The van der Waals surface area contributed by atoms with E-state index in [-0.39, 0.29) is 20.6 Å². The van der Waals surface area contributed by atoms with Gasteiger partial charge in [-0.1, -0.05) is 29.3 Å². The van der Waals surface area contributed by atoms with Crippen molar-refractivity contribution in [3.63, 3.8) is 0 Å². The van der Waals surface area contributed by atoms with E-state index in [1.54, 1.807) is 13.8 Å². The van der Waals surface area contributed by atoms with Crippen molar-refractivity contribution >= 4 is 44.9 Å². The molecule has 2 aromatic carbocycles. The first-order valence-corrected chi connectivity index (χ1v) is 10.4. The van der Waals surface area contributed by atoms with Crippen molar-refractivity contribution in [1.82, 2.24) is 0 Å². The molecule has 0 bridgehead atoms. The van der Waals surface area contributed by atoms with E-state index in [0.29, 0.717) is 10.4 Å². The fourth-order valence-corrected chi connectivity index (χ4v) is 4.12. The van der Waals surface area contributed by atoms with E-state index in [0.717, 1.165) is 30.3 Å². The number of hydrogen-bond acceptors (Lipinski definition) is 4. The predicted octanol–water partition coefficient (Wildman–Crippen LogP) is 5.16. The van der Waals surface area contributed by atoms with Crippen LogP contribution in [-0.2, 0) is 25.7 Å². The Balaban J connectivity index is 2.58. The maximum absolute atomic E-state index is 13.1. The van der Waals surface area contributed by atoms with E-state index >= 15 is 0 Å². The van der Waals surface area contributed by atoms with Crippen LogP contribution in [0.5, 0.6) is 0 Å². The molecule has 0 aliphatic heterocycles. The first-order valence-electron chi connectivity index (χ1n) is 8.17. The van der Waals surface area contributed by atoms with Gasteiger partial charge in [-0.2, -0.15) is 13.2 Å². The molecule has 11 heteroatoms. The highest BCUT2D eigenvalue weighted by atomic mass is 35.5. The monoisotopic (exact) mass is 469 g/mol. The number of nitrogens with zero attached hydrogens (tertiary/aromatic N) is 1. The third kappa shape index (κ3) is 5.77. The molecule has 0 saturated heterocycles. The average molecular weight is 470 g/mol. The second-order valence-corrected chi connectivity index (χ2v) is 8.85. The number of rotatable bonds is 6. The first-order chi connectivity index (χ1) is 13.3. The zero-order valence-electron chi connectivity index (χ0n) is 15.2. The molecule has 2 aromatic rings. The summed E-state index contributed by atoms with van der Waals surface area (Å²) in [6.45, 7) is 2.28. The number of esters is 1. The zero-order chi connectivity index (χ0) is 22.0. The molecular weight excluding hydrogens is 454 g/mol. The largest absolute Gasteiger partial charge is 0.462 e. The number of carbonyl (C=O) groups excluding carboxylic acids is 1. The smallest absolute Gasteiger partial charge is 0.416 e. The number of halogens is 5. The lowest BCUT2D eigenvalue weighted by atomic mass is 10.2. The standard InChI is InChI=1S/C18H16Cl2F3NO4S/c1-11(2)28-17(25)10-24(13-5-3-4-12(8-13)18(21,22)23)29(26,27)14-6-7-15(19)16(20)9-14/h3-9,11H,10H2,1-2H3. The van der Waals surface area contributed by atoms with Gasteiger partial charge in [0.05, 0.1) is 32.3 Å². The first kappa shape index (κ1) is 23.3. The van der Waals surface area contributed by atoms with E-state index in [9.17, 15) is 26.4 Å². The van der Waals surface area contributed by atoms with E-state index < -0.39 is 40.4 Å². The molecule has 158 valence electrons. The van der Waals surface area contributed by atoms with Crippen molar-refractivity contribution < 1.29 is 31.1 Å². The molecule has 0 saturated carbocycles. The van der Waals surface area contributed by atoms with Gasteiger partial charge in [-0.3, -0.25) is 9.10 Å². The van der Waals surface area contributed by atoms with Crippen LogP contribution in [0.1, 0.15) is 19.4 Å². The maximum Gasteiger partial charge on any atom is 0.416 e. The minimum Gasteiger partial charge on any atom is -0.462 e. The van der Waals surface area contributed by atoms with Crippen molar-refractivity contribution in [2.45, 2.75) is 31.0 Å². The van der Waals surface area contributed by atoms with Crippen LogP contribution >= 0.6 is 23.2 Å². The van der Waals surface area contributed by atoms with Crippen molar-refractivity contribution in [1.29, 1.82) is 0 Å². The molecular formula is C18H16Cl2F3NO4S. The summed E-state index contributed by atoms with van der Waals surface area (Å²) in [7, 11) is -4.46. The zero-order valence-corrected chi connectivity index (χ0v) is 17.5. The van der Waals surface area contributed by atoms with Gasteiger partial charge in [0.15, 0.2) is 0 Å². The lowest BCUT2D eigenvalue weighted by Crippen LogP contribution is -2.37.